The van der Waals surface area contributed by atoms with Crippen LogP contribution in [0.5, 0.6) is 11.5 Å². The first-order valence-corrected chi connectivity index (χ1v) is 23.5. The van der Waals surface area contributed by atoms with Crippen LogP contribution >= 0.6 is 11.3 Å². The minimum Gasteiger partial charge on any atom is -0.497 e. The van der Waals surface area contributed by atoms with E-state index < -0.39 is 59.3 Å². The second-order valence-electron chi connectivity index (χ2n) is 18.4. The van der Waals surface area contributed by atoms with Crippen LogP contribution in [-0.2, 0) is 28.6 Å². The van der Waals surface area contributed by atoms with E-state index in [-0.39, 0.29) is 37.6 Å². The van der Waals surface area contributed by atoms with Gasteiger partial charge in [0.05, 0.1) is 31.5 Å². The van der Waals surface area contributed by atoms with E-state index in [1.807, 2.05) is 58.2 Å². The normalized spacial score (nSPS) is 24.7. The van der Waals surface area contributed by atoms with E-state index in [0.29, 0.717) is 58.2 Å². The summed E-state index contributed by atoms with van der Waals surface area (Å²) in [5.74, 6) is -0.708. The molecule has 4 heterocycles. The van der Waals surface area contributed by atoms with Crippen LogP contribution in [0.4, 0.5) is 14.7 Å². The molecule has 2 aromatic heterocycles. The van der Waals surface area contributed by atoms with E-state index >= 15 is 0 Å². The van der Waals surface area contributed by atoms with Crippen molar-refractivity contribution in [2.24, 2.45) is 5.92 Å². The number of anilines is 1. The molecular formula is C47H62N6O10S. The zero-order valence-electron chi connectivity index (χ0n) is 38.0. The number of pyridine rings is 1. The molecule has 2 saturated carbocycles. The van der Waals surface area contributed by atoms with Crippen molar-refractivity contribution in [3.05, 3.63) is 41.8 Å². The largest absolute Gasteiger partial charge is 0.497 e. The predicted molar refractivity (Wildman–Crippen MR) is 241 cm³/mol. The van der Waals surface area contributed by atoms with Crippen molar-refractivity contribution in [3.63, 3.8) is 0 Å². The van der Waals surface area contributed by atoms with E-state index in [4.69, 9.17) is 33.7 Å². The topological polar surface area (TPSA) is 188 Å². The Morgan fingerprint density at radius 2 is 1.78 bits per heavy atom. The number of fused-ring (bicyclic) bond motifs is 3. The molecular weight excluding hydrogens is 841 g/mol. The van der Waals surface area contributed by atoms with Gasteiger partial charge >= 0.3 is 18.2 Å². The number of carbonyl (C=O) groups excluding carboxylic acids is 5. The zero-order valence-corrected chi connectivity index (χ0v) is 38.8. The molecule has 1 saturated heterocycles. The highest BCUT2D eigenvalue weighted by Gasteiger charge is 2.62. The number of nitrogens with one attached hydrogen (secondary N) is 2. The standard InChI is InChI=1S/C47H62N6O10S/c1-8-60-42(56)47-25-29(47)16-12-10-9-11-13-19-34(50-44(57)62-30-17-14-15-18-30)41(55)52-26-32(23-38(52)40(54)51-47)61-39-24-36(48-35-22-31(59-7)20-21-33(35)39)37-27-64-43(49-37)53(28(2)3)45(58)63-46(4,5)6/h12,16,20-22,24,27-30,32,34,38H,8-11,13-15,17-19,23,25-26H2,1-7H3,(H,50,57)(H,51,54)/b16-12-/t29-,32-,34+,38+,47-/m1/s1. The summed E-state index contributed by atoms with van der Waals surface area (Å²) >= 11 is 1.28. The van der Waals surface area contributed by atoms with Crippen molar-refractivity contribution in [3.8, 4) is 22.9 Å². The fourth-order valence-electron chi connectivity index (χ4n) is 8.75. The van der Waals surface area contributed by atoms with Gasteiger partial charge in [-0.1, -0.05) is 25.0 Å². The third-order valence-electron chi connectivity index (χ3n) is 12.1. The molecule has 1 aromatic carbocycles. The van der Waals surface area contributed by atoms with Gasteiger partial charge in [0, 0.05) is 41.3 Å². The fraction of sp³-hybridized carbons (Fsp3) is 0.596. The molecule has 0 bridgehead atoms. The van der Waals surface area contributed by atoms with Crippen molar-refractivity contribution in [1.29, 1.82) is 0 Å². The monoisotopic (exact) mass is 902 g/mol. The van der Waals surface area contributed by atoms with Crippen LogP contribution in [-0.4, -0.2) is 107 Å². The van der Waals surface area contributed by atoms with Crippen LogP contribution in [0.25, 0.3) is 22.3 Å². The molecule has 0 unspecified atom stereocenters. The maximum Gasteiger partial charge on any atom is 0.416 e. The highest BCUT2D eigenvalue weighted by molar-refractivity contribution is 7.14. The fourth-order valence-corrected chi connectivity index (χ4v) is 9.69. The zero-order chi connectivity index (χ0) is 45.8. The summed E-state index contributed by atoms with van der Waals surface area (Å²) in [7, 11) is 1.57. The molecule has 3 aromatic rings. The number of esters is 1. The van der Waals surface area contributed by atoms with Gasteiger partial charge in [0.25, 0.3) is 0 Å². The molecule has 2 aliphatic heterocycles. The van der Waals surface area contributed by atoms with Crippen molar-refractivity contribution in [2.45, 2.75) is 154 Å². The lowest BCUT2D eigenvalue weighted by Gasteiger charge is -2.29. The predicted octanol–water partition coefficient (Wildman–Crippen LogP) is 7.86. The van der Waals surface area contributed by atoms with Gasteiger partial charge in [-0.3, -0.25) is 14.5 Å². The quantitative estimate of drug-likeness (QED) is 0.114. The maximum atomic E-state index is 14.8. The summed E-state index contributed by atoms with van der Waals surface area (Å²) in [5.41, 5.74) is -0.461. The van der Waals surface area contributed by atoms with Gasteiger partial charge in [-0.25, -0.2) is 24.4 Å². The Hall–Kier alpha value is -5.45. The minimum atomic E-state index is -1.25. The Morgan fingerprint density at radius 1 is 1.02 bits per heavy atom. The van der Waals surface area contributed by atoms with E-state index in [2.05, 4.69) is 10.6 Å². The van der Waals surface area contributed by atoms with E-state index in [0.717, 1.165) is 44.9 Å². The van der Waals surface area contributed by atoms with Crippen LogP contribution in [0.2, 0.25) is 0 Å². The summed E-state index contributed by atoms with van der Waals surface area (Å²) < 4.78 is 29.3. The third kappa shape index (κ3) is 10.7. The molecule has 2 aliphatic carbocycles. The second-order valence-corrected chi connectivity index (χ2v) is 19.2. The van der Waals surface area contributed by atoms with Gasteiger partial charge in [-0.2, -0.15) is 0 Å². The van der Waals surface area contributed by atoms with Gasteiger partial charge in [0.2, 0.25) is 11.8 Å². The van der Waals surface area contributed by atoms with Crippen LogP contribution in [0.15, 0.2) is 41.8 Å². The van der Waals surface area contributed by atoms with E-state index in [1.165, 1.54) is 21.1 Å². The number of alkyl carbamates (subject to hydrolysis) is 1. The lowest BCUT2D eigenvalue weighted by molar-refractivity contribution is -0.150. The van der Waals surface area contributed by atoms with Gasteiger partial charge in [0.1, 0.15) is 52.6 Å². The van der Waals surface area contributed by atoms with Gasteiger partial charge in [-0.05, 0) is 105 Å². The molecule has 4 aliphatic rings. The van der Waals surface area contributed by atoms with E-state index in [9.17, 15) is 24.0 Å². The van der Waals surface area contributed by atoms with Crippen molar-refractivity contribution in [1.82, 2.24) is 25.5 Å². The first-order valence-electron chi connectivity index (χ1n) is 22.7. The van der Waals surface area contributed by atoms with Gasteiger partial charge in [0.15, 0.2) is 5.13 Å². The lowest BCUT2D eigenvalue weighted by Crippen LogP contribution is -2.56. The molecule has 346 valence electrons. The molecule has 16 nitrogen and oxygen atoms in total. The van der Waals surface area contributed by atoms with Gasteiger partial charge in [-0.15, -0.1) is 11.3 Å². The molecule has 2 N–H and O–H groups in total. The summed E-state index contributed by atoms with van der Waals surface area (Å²) in [4.78, 5) is 82.2. The third-order valence-corrected chi connectivity index (χ3v) is 12.9. The summed E-state index contributed by atoms with van der Waals surface area (Å²) in [6.07, 6.45) is 9.39. The van der Waals surface area contributed by atoms with Crippen molar-refractivity contribution < 1.29 is 47.7 Å². The smallest absolute Gasteiger partial charge is 0.416 e. The minimum absolute atomic E-state index is 0.0118. The molecule has 4 amide bonds. The number of thiazole rings is 1. The number of carbonyl (C=O) groups is 5. The Labute approximate surface area is 378 Å². The SMILES string of the molecule is CCOC(=O)[C@@]12C[C@H]1/C=C\CCCCC[C@H](NC(=O)OC1CCCC1)C(=O)N1C[C@H](Oc3cc(-c4csc(N(C(=O)OC(C)(C)C)C(C)C)n4)nc4cc(OC)ccc34)C[C@H]1C(=O)N2. The molecule has 5 atom stereocenters. The number of hydrogen-bond donors (Lipinski definition) is 2. The van der Waals surface area contributed by atoms with Crippen molar-refractivity contribution >= 4 is 57.3 Å². The first-order chi connectivity index (χ1) is 30.6. The second kappa shape index (κ2) is 19.7. The van der Waals surface area contributed by atoms with E-state index in [1.54, 1.807) is 32.2 Å². The number of amides is 4. The lowest BCUT2D eigenvalue weighted by atomic mass is 10.0. The molecule has 17 heteroatoms. The Morgan fingerprint density at radius 3 is 2.50 bits per heavy atom. The Kier molecular flexibility index (Phi) is 14.4. The molecule has 64 heavy (non-hydrogen) atoms. The van der Waals surface area contributed by atoms with Crippen LogP contribution in [0, 0.1) is 5.92 Å². The first kappa shape index (κ1) is 46.5. The number of rotatable bonds is 10. The van der Waals surface area contributed by atoms with Gasteiger partial charge < -0.3 is 39.2 Å². The number of hydrogen-bond acceptors (Lipinski definition) is 13. The number of nitrogens with zero attached hydrogens (tertiary/aromatic N) is 4. The Balaban J connectivity index is 1.22. The molecule has 0 radical (unpaired) electrons. The number of benzene rings is 1. The average molecular weight is 903 g/mol. The molecule has 7 rings (SSSR count). The summed E-state index contributed by atoms with van der Waals surface area (Å²) in [6.45, 7) is 11.1. The summed E-state index contributed by atoms with van der Waals surface area (Å²) in [5, 5.41) is 8.78. The number of allylic oxidation sites excluding steroid dienone is 1. The van der Waals surface area contributed by atoms with Crippen LogP contribution in [0.1, 0.15) is 112 Å². The Bertz CT molecular complexity index is 2230. The number of aromatic nitrogens is 2. The number of ether oxygens (including phenoxy) is 5. The highest BCUT2D eigenvalue weighted by Crippen LogP contribution is 2.46. The maximum absolute atomic E-state index is 14.8. The highest BCUT2D eigenvalue weighted by atomic mass is 32.1. The van der Waals surface area contributed by atoms with Crippen molar-refractivity contribution in [2.75, 3.05) is 25.2 Å². The molecule has 0 spiro atoms. The van der Waals surface area contributed by atoms with Crippen LogP contribution < -0.4 is 25.0 Å². The van der Waals surface area contributed by atoms with Crippen LogP contribution in [0.3, 0.4) is 0 Å². The number of methoxy groups -OCH3 is 1. The molecule has 3 fully saturated rings. The average Bonchev–Trinajstić information content (AvgIpc) is 3.68. The summed E-state index contributed by atoms with van der Waals surface area (Å²) in [6, 6.07) is 4.93.